The predicted molar refractivity (Wildman–Crippen MR) is 125 cm³/mol. The molecule has 1 aromatic heterocycles. The van der Waals surface area contributed by atoms with Crippen LogP contribution in [0.1, 0.15) is 19.6 Å². The number of carbonyl (C=O) groups is 2. The van der Waals surface area contributed by atoms with Gasteiger partial charge in [0.05, 0.1) is 26.9 Å². The summed E-state index contributed by atoms with van der Waals surface area (Å²) in [5.41, 5.74) is 1.65. The van der Waals surface area contributed by atoms with Crippen molar-refractivity contribution >= 4 is 50.9 Å². The van der Waals surface area contributed by atoms with Crippen LogP contribution < -0.4 is 9.73 Å². The van der Waals surface area contributed by atoms with E-state index in [9.17, 15) is 22.4 Å². The van der Waals surface area contributed by atoms with Gasteiger partial charge in [-0.2, -0.15) is 10.1 Å². The lowest BCUT2D eigenvalue weighted by Gasteiger charge is -2.12. The van der Waals surface area contributed by atoms with Gasteiger partial charge in [0.15, 0.2) is 0 Å². The molecule has 0 fully saturated rings. The van der Waals surface area contributed by atoms with E-state index in [-0.39, 0.29) is 15.5 Å². The number of benzene rings is 2. The Bertz CT molecular complexity index is 1480. The van der Waals surface area contributed by atoms with Crippen molar-refractivity contribution in [3.05, 3.63) is 76.8 Å². The van der Waals surface area contributed by atoms with Gasteiger partial charge in [-0.3, -0.25) is 9.59 Å². The summed E-state index contributed by atoms with van der Waals surface area (Å²) < 4.78 is 45.3. The average molecular weight is 502 g/mol. The van der Waals surface area contributed by atoms with Crippen molar-refractivity contribution in [1.82, 2.24) is 4.72 Å². The van der Waals surface area contributed by atoms with Gasteiger partial charge in [0.25, 0.3) is 15.9 Å². The first kappa shape index (κ1) is 23.4. The minimum absolute atomic E-state index is 0.0651. The molecule has 8 nitrogen and oxygen atoms in total. The van der Waals surface area contributed by atoms with Gasteiger partial charge in [0, 0.05) is 12.5 Å². The number of halogens is 2. The number of nitrogens with zero attached hydrogens (tertiary/aromatic N) is 2. The van der Waals surface area contributed by atoms with Crippen molar-refractivity contribution < 1.29 is 26.8 Å². The second-order valence-electron chi connectivity index (χ2n) is 7.35. The molecule has 2 aromatic carbocycles. The highest BCUT2D eigenvalue weighted by atomic mass is 35.5. The summed E-state index contributed by atoms with van der Waals surface area (Å²) in [4.78, 5) is 23.9. The molecule has 0 saturated carbocycles. The topological polar surface area (TPSA) is 109 Å². The fourth-order valence-electron chi connectivity index (χ4n) is 3.25. The molecule has 3 aromatic rings. The Kier molecular flexibility index (Phi) is 6.11. The number of nitrogens with one attached hydrogen (secondary N) is 1. The quantitative estimate of drug-likeness (QED) is 0.522. The highest BCUT2D eigenvalue weighted by Gasteiger charge is 2.29. The number of rotatable bonds is 5. The summed E-state index contributed by atoms with van der Waals surface area (Å²) in [5.74, 6) is -0.892. The summed E-state index contributed by atoms with van der Waals surface area (Å²) >= 11 is 5.82. The predicted octanol–water partition coefficient (Wildman–Crippen LogP) is 4.37. The van der Waals surface area contributed by atoms with Crippen molar-refractivity contribution in [3.63, 3.8) is 0 Å². The summed E-state index contributed by atoms with van der Waals surface area (Å²) in [5, 5.41) is 5.24. The number of sulfonamides is 1. The van der Waals surface area contributed by atoms with Crippen LogP contribution in [-0.2, 0) is 19.6 Å². The second kappa shape index (κ2) is 8.88. The van der Waals surface area contributed by atoms with Crippen LogP contribution in [0.15, 0.2) is 74.6 Å². The normalized spacial score (nSPS) is 15.1. The first-order valence-corrected chi connectivity index (χ1v) is 11.7. The molecule has 2 heterocycles. The molecular formula is C23H17ClFN3O5S. The molecule has 0 aliphatic carbocycles. The Morgan fingerprint density at radius 1 is 1.15 bits per heavy atom. The molecule has 174 valence electrons. The Balaban J connectivity index is 1.56. The smallest absolute Gasteiger partial charge is 0.280 e. The molecule has 34 heavy (non-hydrogen) atoms. The molecule has 4 rings (SSSR count). The van der Waals surface area contributed by atoms with Crippen LogP contribution in [-0.4, -0.2) is 25.9 Å². The zero-order valence-electron chi connectivity index (χ0n) is 17.9. The fourth-order valence-corrected chi connectivity index (χ4v) is 4.42. The van der Waals surface area contributed by atoms with Gasteiger partial charge < -0.3 is 4.42 Å². The lowest BCUT2D eigenvalue weighted by atomic mass is 10.1. The van der Waals surface area contributed by atoms with E-state index in [0.717, 1.165) is 18.0 Å². The zero-order valence-corrected chi connectivity index (χ0v) is 19.4. The lowest BCUT2D eigenvalue weighted by molar-refractivity contribution is -0.117. The Labute approximate surface area is 199 Å². The summed E-state index contributed by atoms with van der Waals surface area (Å²) in [6.45, 7) is 2.77. The summed E-state index contributed by atoms with van der Waals surface area (Å²) in [7, 11) is -3.94. The number of amides is 2. The molecule has 0 spiro atoms. The number of carbonyl (C=O) groups excluding carboxylic acids is 2. The van der Waals surface area contributed by atoms with Gasteiger partial charge in [0.1, 0.15) is 17.3 Å². The van der Waals surface area contributed by atoms with E-state index in [1.807, 2.05) is 4.72 Å². The van der Waals surface area contributed by atoms with E-state index in [1.54, 1.807) is 19.1 Å². The Morgan fingerprint density at radius 2 is 1.85 bits per heavy atom. The Morgan fingerprint density at radius 3 is 2.50 bits per heavy atom. The maximum Gasteiger partial charge on any atom is 0.280 e. The SMILES string of the molecule is CC(=O)NS(=O)(=O)c1ccc(-c2ccc(/C=C3\C(=O)N(c4ccc(F)c(Cl)c4)N=C3C)o2)cc1. The minimum Gasteiger partial charge on any atom is -0.457 e. The molecule has 0 bridgehead atoms. The fraction of sp³-hybridized carbons (Fsp3) is 0.0870. The van der Waals surface area contributed by atoms with Crippen molar-refractivity contribution in [2.75, 3.05) is 5.01 Å². The van der Waals surface area contributed by atoms with Gasteiger partial charge in [-0.1, -0.05) is 11.6 Å². The largest absolute Gasteiger partial charge is 0.457 e. The molecule has 2 amide bonds. The van der Waals surface area contributed by atoms with E-state index < -0.39 is 27.7 Å². The van der Waals surface area contributed by atoms with E-state index >= 15 is 0 Å². The lowest BCUT2D eigenvalue weighted by Crippen LogP contribution is -2.28. The average Bonchev–Trinajstić information content (AvgIpc) is 3.35. The van der Waals surface area contributed by atoms with Gasteiger partial charge >= 0.3 is 0 Å². The van der Waals surface area contributed by atoms with Crippen molar-refractivity contribution in [1.29, 1.82) is 0 Å². The minimum atomic E-state index is -3.94. The van der Waals surface area contributed by atoms with E-state index in [4.69, 9.17) is 16.0 Å². The molecule has 11 heteroatoms. The number of hydrazone groups is 1. The van der Waals surface area contributed by atoms with Gasteiger partial charge in [-0.15, -0.1) is 0 Å². The van der Waals surface area contributed by atoms with Crippen LogP contribution in [0.2, 0.25) is 5.02 Å². The number of hydrogen-bond donors (Lipinski definition) is 1. The van der Waals surface area contributed by atoms with E-state index in [2.05, 4.69) is 5.10 Å². The van der Waals surface area contributed by atoms with Crippen LogP contribution in [0, 0.1) is 5.82 Å². The van der Waals surface area contributed by atoms with Gasteiger partial charge in [0.2, 0.25) is 5.91 Å². The van der Waals surface area contributed by atoms with Crippen LogP contribution >= 0.6 is 11.6 Å². The van der Waals surface area contributed by atoms with E-state index in [1.165, 1.54) is 42.5 Å². The van der Waals surface area contributed by atoms with Crippen LogP contribution in [0.3, 0.4) is 0 Å². The highest BCUT2D eigenvalue weighted by molar-refractivity contribution is 7.90. The van der Waals surface area contributed by atoms with Gasteiger partial charge in [-0.25, -0.2) is 17.5 Å². The Hall–Kier alpha value is -3.76. The van der Waals surface area contributed by atoms with Crippen molar-refractivity contribution in [3.8, 4) is 11.3 Å². The molecule has 0 radical (unpaired) electrons. The molecule has 1 aliphatic rings. The molecule has 1 N–H and O–H groups in total. The third-order valence-corrected chi connectivity index (χ3v) is 6.59. The van der Waals surface area contributed by atoms with E-state index in [0.29, 0.717) is 28.5 Å². The maximum absolute atomic E-state index is 13.5. The number of furan rings is 1. The van der Waals surface area contributed by atoms with Gasteiger partial charge in [-0.05, 0) is 67.6 Å². The number of anilines is 1. The molecule has 0 atom stereocenters. The van der Waals surface area contributed by atoms with Crippen LogP contribution in [0.5, 0.6) is 0 Å². The first-order valence-electron chi connectivity index (χ1n) is 9.85. The summed E-state index contributed by atoms with van der Waals surface area (Å²) in [6, 6.07) is 13.0. The second-order valence-corrected chi connectivity index (χ2v) is 9.44. The molecule has 0 unspecified atom stereocenters. The zero-order chi connectivity index (χ0) is 24.6. The maximum atomic E-state index is 13.5. The standard InChI is InChI=1S/C23H17ClFN3O5S/c1-13-19(23(30)28(26-13)16-5-9-21(25)20(24)11-16)12-17-6-10-22(33-17)15-3-7-18(8-4-15)34(31,32)27-14(2)29/h3-12H,1-2H3,(H,27,29)/b19-12-. The third-order valence-electron chi connectivity index (χ3n) is 4.85. The van der Waals surface area contributed by atoms with Crippen molar-refractivity contribution in [2.24, 2.45) is 5.10 Å². The first-order chi connectivity index (χ1) is 16.0. The third kappa shape index (κ3) is 4.63. The van der Waals surface area contributed by atoms with Crippen LogP contribution in [0.4, 0.5) is 10.1 Å². The molecular weight excluding hydrogens is 485 g/mol. The molecule has 1 aliphatic heterocycles. The van der Waals surface area contributed by atoms with Crippen molar-refractivity contribution in [2.45, 2.75) is 18.7 Å². The highest BCUT2D eigenvalue weighted by Crippen LogP contribution is 2.30. The van der Waals surface area contributed by atoms with Crippen LogP contribution in [0.25, 0.3) is 17.4 Å². The monoisotopic (exact) mass is 501 g/mol. The summed E-state index contributed by atoms with van der Waals surface area (Å²) in [6.07, 6.45) is 1.53. The molecule has 0 saturated heterocycles. The number of hydrogen-bond acceptors (Lipinski definition) is 6.